The van der Waals surface area contributed by atoms with Crippen molar-refractivity contribution >= 4 is 22.5 Å². The van der Waals surface area contributed by atoms with Gasteiger partial charge in [0.1, 0.15) is 11.3 Å². The largest absolute Gasteiger partial charge is 0.478 e. The maximum Gasteiger partial charge on any atom is 0.335 e. The van der Waals surface area contributed by atoms with Crippen molar-refractivity contribution in [2.45, 2.75) is 26.8 Å². The monoisotopic (exact) mass is 411 g/mol. The fraction of sp³-hybridized carbons (Fsp3) is 0.167. The molecule has 0 aliphatic rings. The van der Waals surface area contributed by atoms with E-state index >= 15 is 0 Å². The normalized spacial score (nSPS) is 11.4. The molecule has 0 unspecified atom stereocenters. The number of imidazole rings is 1. The first-order valence-electron chi connectivity index (χ1n) is 10.2. The van der Waals surface area contributed by atoms with Gasteiger partial charge in [0.25, 0.3) is 0 Å². The molecule has 0 aliphatic carbocycles. The number of para-hydroxylation sites is 1. The van der Waals surface area contributed by atoms with Crippen LogP contribution in [0.4, 0.5) is 0 Å². The summed E-state index contributed by atoms with van der Waals surface area (Å²) in [6.07, 6.45) is 5.83. The Labute approximate surface area is 178 Å². The molecular formula is C24H21N5O2. The highest BCUT2D eigenvalue weighted by molar-refractivity contribution is 5.90. The van der Waals surface area contributed by atoms with Gasteiger partial charge in [0, 0.05) is 34.7 Å². The van der Waals surface area contributed by atoms with E-state index in [4.69, 9.17) is 4.98 Å². The lowest BCUT2D eigenvalue weighted by atomic mass is 10.2. The molecule has 0 saturated carbocycles. The minimum atomic E-state index is -0.948. The van der Waals surface area contributed by atoms with E-state index in [-0.39, 0.29) is 5.56 Å². The summed E-state index contributed by atoms with van der Waals surface area (Å²) >= 11 is 0. The van der Waals surface area contributed by atoms with E-state index in [1.165, 1.54) is 0 Å². The predicted octanol–water partition coefficient (Wildman–Crippen LogP) is 4.36. The number of nitrogens with zero attached hydrogens (tertiary/aromatic N) is 5. The van der Waals surface area contributed by atoms with Crippen LogP contribution in [0.1, 0.15) is 34.4 Å². The minimum absolute atomic E-state index is 0.251. The van der Waals surface area contributed by atoms with Gasteiger partial charge in [-0.25, -0.2) is 9.78 Å². The van der Waals surface area contributed by atoms with Crippen molar-refractivity contribution in [2.75, 3.05) is 0 Å². The highest BCUT2D eigenvalue weighted by atomic mass is 16.4. The van der Waals surface area contributed by atoms with Crippen molar-refractivity contribution in [2.24, 2.45) is 0 Å². The zero-order valence-corrected chi connectivity index (χ0v) is 17.3. The minimum Gasteiger partial charge on any atom is -0.478 e. The number of carbonyl (C=O) groups is 1. The van der Waals surface area contributed by atoms with Crippen LogP contribution in [0, 0.1) is 6.92 Å². The van der Waals surface area contributed by atoms with Gasteiger partial charge in [0.05, 0.1) is 29.7 Å². The number of fused-ring (bicyclic) bond motifs is 2. The lowest BCUT2D eigenvalue weighted by Gasteiger charge is -2.10. The first-order valence-corrected chi connectivity index (χ1v) is 10.2. The molecule has 5 aromatic rings. The number of carboxylic acid groups (broad SMARTS) is 1. The zero-order valence-electron chi connectivity index (χ0n) is 17.3. The molecule has 7 nitrogen and oxygen atoms in total. The highest BCUT2D eigenvalue weighted by Gasteiger charge is 2.20. The molecule has 0 bridgehead atoms. The SMILES string of the molecule is CCc1cc(C(=O)O)cc2nc(-c3cc4ccccc4n3Cc3cnccn3)c(C)n12. The molecule has 5 rings (SSSR count). The number of hydrogen-bond acceptors (Lipinski definition) is 4. The van der Waals surface area contributed by atoms with Crippen LogP contribution in [0.25, 0.3) is 27.9 Å². The van der Waals surface area contributed by atoms with E-state index in [1.807, 2.05) is 30.4 Å². The molecular weight excluding hydrogens is 390 g/mol. The molecule has 4 aromatic heterocycles. The number of hydrogen-bond donors (Lipinski definition) is 1. The molecule has 31 heavy (non-hydrogen) atoms. The first-order chi connectivity index (χ1) is 15.1. The van der Waals surface area contributed by atoms with Crippen LogP contribution >= 0.6 is 0 Å². The fourth-order valence-electron chi connectivity index (χ4n) is 4.18. The van der Waals surface area contributed by atoms with Crippen LogP contribution in [-0.2, 0) is 13.0 Å². The van der Waals surface area contributed by atoms with Crippen LogP contribution < -0.4 is 0 Å². The Hall–Kier alpha value is -4.00. The molecule has 1 N–H and O–H groups in total. The quantitative estimate of drug-likeness (QED) is 0.464. The standard InChI is InChI=1S/C24H21N5O2/c1-3-19-10-17(24(30)31)12-22-27-23(15(2)29(19)22)21-11-16-6-4-5-7-20(16)28(21)14-18-13-25-8-9-26-18/h4-13H,3,14H2,1-2H3,(H,30,31). The van der Waals surface area contributed by atoms with Crippen LogP contribution in [0.2, 0.25) is 0 Å². The van der Waals surface area contributed by atoms with Crippen LogP contribution in [0.15, 0.2) is 61.1 Å². The summed E-state index contributed by atoms with van der Waals surface area (Å²) in [5.41, 5.74) is 6.52. The van der Waals surface area contributed by atoms with Gasteiger partial charge >= 0.3 is 5.97 Å². The van der Waals surface area contributed by atoms with Crippen molar-refractivity contribution in [3.63, 3.8) is 0 Å². The van der Waals surface area contributed by atoms with Gasteiger partial charge < -0.3 is 14.1 Å². The Morgan fingerprint density at radius 1 is 1.13 bits per heavy atom. The average Bonchev–Trinajstić information content (AvgIpc) is 3.31. The molecule has 0 fully saturated rings. The summed E-state index contributed by atoms with van der Waals surface area (Å²) in [5.74, 6) is -0.948. The van der Waals surface area contributed by atoms with Crippen LogP contribution in [0.5, 0.6) is 0 Å². The average molecular weight is 411 g/mol. The maximum absolute atomic E-state index is 11.6. The number of aryl methyl sites for hydroxylation is 2. The number of pyridine rings is 1. The Kier molecular flexibility index (Phi) is 4.51. The molecule has 0 aliphatic heterocycles. The summed E-state index contributed by atoms with van der Waals surface area (Å²) in [5, 5.41) is 10.6. The predicted molar refractivity (Wildman–Crippen MR) is 118 cm³/mol. The summed E-state index contributed by atoms with van der Waals surface area (Å²) < 4.78 is 4.24. The third-order valence-corrected chi connectivity index (χ3v) is 5.63. The van der Waals surface area contributed by atoms with E-state index < -0.39 is 5.97 Å². The van der Waals surface area contributed by atoms with Crippen LogP contribution in [-0.4, -0.2) is 35.0 Å². The third-order valence-electron chi connectivity index (χ3n) is 5.63. The van der Waals surface area contributed by atoms with E-state index in [1.54, 1.807) is 30.7 Å². The molecule has 0 saturated heterocycles. The van der Waals surface area contributed by atoms with E-state index in [0.717, 1.165) is 39.4 Å². The molecule has 0 atom stereocenters. The van der Waals surface area contributed by atoms with Gasteiger partial charge in [0.15, 0.2) is 0 Å². The van der Waals surface area contributed by atoms with Crippen LogP contribution in [0.3, 0.4) is 0 Å². The Morgan fingerprint density at radius 3 is 2.71 bits per heavy atom. The molecule has 154 valence electrons. The van der Waals surface area contributed by atoms with Crippen molar-refractivity contribution in [1.82, 2.24) is 23.9 Å². The smallest absolute Gasteiger partial charge is 0.335 e. The molecule has 0 amide bonds. The number of rotatable bonds is 5. The summed E-state index contributed by atoms with van der Waals surface area (Å²) in [4.78, 5) is 25.1. The van der Waals surface area contributed by atoms with Gasteiger partial charge in [-0.15, -0.1) is 0 Å². The van der Waals surface area contributed by atoms with Gasteiger partial charge in [0.2, 0.25) is 0 Å². The second kappa shape index (κ2) is 7.36. The lowest BCUT2D eigenvalue weighted by Crippen LogP contribution is -2.05. The van der Waals surface area contributed by atoms with Crippen molar-refractivity contribution < 1.29 is 9.90 Å². The number of benzene rings is 1. The first kappa shape index (κ1) is 19.0. The molecule has 0 radical (unpaired) electrons. The van der Waals surface area contributed by atoms with E-state index in [2.05, 4.69) is 32.7 Å². The highest BCUT2D eigenvalue weighted by Crippen LogP contribution is 2.32. The molecule has 7 heteroatoms. The van der Waals surface area contributed by atoms with Gasteiger partial charge in [-0.2, -0.15) is 0 Å². The lowest BCUT2D eigenvalue weighted by molar-refractivity contribution is 0.0696. The topological polar surface area (TPSA) is 85.3 Å². The van der Waals surface area contributed by atoms with Gasteiger partial charge in [-0.3, -0.25) is 9.97 Å². The van der Waals surface area contributed by atoms with Gasteiger partial charge in [-0.1, -0.05) is 25.1 Å². The third kappa shape index (κ3) is 3.15. The van der Waals surface area contributed by atoms with Crippen molar-refractivity contribution in [3.8, 4) is 11.4 Å². The summed E-state index contributed by atoms with van der Waals surface area (Å²) in [7, 11) is 0. The Bertz CT molecular complexity index is 1430. The number of aromatic nitrogens is 5. The second-order valence-corrected chi connectivity index (χ2v) is 7.50. The number of carboxylic acids is 1. The maximum atomic E-state index is 11.6. The number of aromatic carboxylic acids is 1. The molecule has 0 spiro atoms. The Morgan fingerprint density at radius 2 is 1.97 bits per heavy atom. The molecule has 4 heterocycles. The van der Waals surface area contributed by atoms with E-state index in [0.29, 0.717) is 18.6 Å². The van der Waals surface area contributed by atoms with Crippen molar-refractivity contribution in [3.05, 3.63) is 83.7 Å². The second-order valence-electron chi connectivity index (χ2n) is 7.50. The fourth-order valence-corrected chi connectivity index (χ4v) is 4.18. The summed E-state index contributed by atoms with van der Waals surface area (Å²) in [6, 6.07) is 13.7. The Balaban J connectivity index is 1.77. The summed E-state index contributed by atoms with van der Waals surface area (Å²) in [6.45, 7) is 4.61. The molecule has 1 aromatic carbocycles. The van der Waals surface area contributed by atoms with Gasteiger partial charge in [-0.05, 0) is 37.6 Å². The van der Waals surface area contributed by atoms with E-state index in [9.17, 15) is 9.90 Å². The van der Waals surface area contributed by atoms with Crippen molar-refractivity contribution in [1.29, 1.82) is 0 Å². The zero-order chi connectivity index (χ0) is 21.5.